The Labute approximate surface area is 123 Å². The summed E-state index contributed by atoms with van der Waals surface area (Å²) >= 11 is 1.38. The number of hydrogen-bond donors (Lipinski definition) is 2. The molecule has 110 valence electrons. The van der Waals surface area contributed by atoms with E-state index in [0.29, 0.717) is 23.7 Å². The van der Waals surface area contributed by atoms with Crippen molar-refractivity contribution in [3.63, 3.8) is 0 Å². The topological polar surface area (TPSA) is 67.4 Å². The second-order valence-corrected chi connectivity index (χ2v) is 5.40. The molecule has 1 aromatic heterocycles. The van der Waals surface area contributed by atoms with E-state index >= 15 is 0 Å². The van der Waals surface area contributed by atoms with Crippen molar-refractivity contribution in [1.82, 2.24) is 5.32 Å². The third kappa shape index (κ3) is 4.18. The van der Waals surface area contributed by atoms with Gasteiger partial charge < -0.3 is 15.4 Å². The van der Waals surface area contributed by atoms with E-state index in [0.717, 1.165) is 10.4 Å². The SMILES string of the molecule is C=CCNCC(=O)Nc1sc(C)c(C)c1C(=O)OCC. The van der Waals surface area contributed by atoms with Gasteiger partial charge in [-0.3, -0.25) is 4.79 Å². The first-order valence-corrected chi connectivity index (χ1v) is 7.21. The van der Waals surface area contributed by atoms with E-state index in [-0.39, 0.29) is 12.5 Å². The van der Waals surface area contributed by atoms with Crippen molar-refractivity contribution in [3.8, 4) is 0 Å². The molecule has 0 saturated heterocycles. The number of thiophene rings is 1. The van der Waals surface area contributed by atoms with Crippen LogP contribution in [0.3, 0.4) is 0 Å². The predicted octanol–water partition coefficient (Wildman–Crippen LogP) is 2.26. The van der Waals surface area contributed by atoms with Crippen molar-refractivity contribution in [1.29, 1.82) is 0 Å². The van der Waals surface area contributed by atoms with Gasteiger partial charge in [0, 0.05) is 11.4 Å². The molecule has 0 aliphatic rings. The molecule has 20 heavy (non-hydrogen) atoms. The molecule has 0 bridgehead atoms. The van der Waals surface area contributed by atoms with Crippen LogP contribution in [0.1, 0.15) is 27.7 Å². The van der Waals surface area contributed by atoms with Crippen LogP contribution < -0.4 is 10.6 Å². The van der Waals surface area contributed by atoms with Crippen molar-refractivity contribution >= 4 is 28.2 Å². The van der Waals surface area contributed by atoms with Crippen LogP contribution in [-0.2, 0) is 9.53 Å². The Morgan fingerprint density at radius 2 is 2.10 bits per heavy atom. The number of nitrogens with one attached hydrogen (secondary N) is 2. The van der Waals surface area contributed by atoms with Gasteiger partial charge in [0.1, 0.15) is 5.00 Å². The lowest BCUT2D eigenvalue weighted by atomic mass is 10.1. The maximum Gasteiger partial charge on any atom is 0.341 e. The summed E-state index contributed by atoms with van der Waals surface area (Å²) in [4.78, 5) is 24.7. The fourth-order valence-electron chi connectivity index (χ4n) is 1.62. The molecule has 1 rings (SSSR count). The van der Waals surface area contributed by atoms with E-state index in [1.54, 1.807) is 13.0 Å². The van der Waals surface area contributed by atoms with Gasteiger partial charge in [0.15, 0.2) is 0 Å². The van der Waals surface area contributed by atoms with Gasteiger partial charge in [-0.2, -0.15) is 0 Å². The van der Waals surface area contributed by atoms with E-state index in [4.69, 9.17) is 4.74 Å². The molecule has 0 spiro atoms. The molecule has 0 aliphatic carbocycles. The van der Waals surface area contributed by atoms with Crippen LogP contribution >= 0.6 is 11.3 Å². The van der Waals surface area contributed by atoms with Gasteiger partial charge in [-0.1, -0.05) is 6.08 Å². The minimum absolute atomic E-state index is 0.171. The Kier molecular flexibility index (Phi) is 6.41. The Hall–Kier alpha value is -1.66. The summed E-state index contributed by atoms with van der Waals surface area (Å²) in [7, 11) is 0. The Balaban J connectivity index is 2.84. The van der Waals surface area contributed by atoms with E-state index in [1.165, 1.54) is 11.3 Å². The van der Waals surface area contributed by atoms with Crippen LogP contribution in [0.5, 0.6) is 0 Å². The summed E-state index contributed by atoms with van der Waals surface area (Å²) in [6, 6.07) is 0. The lowest BCUT2D eigenvalue weighted by Gasteiger charge is -2.07. The average molecular weight is 296 g/mol. The molecular formula is C14H20N2O3S. The first kappa shape index (κ1) is 16.4. The summed E-state index contributed by atoms with van der Waals surface area (Å²) in [5.41, 5.74) is 1.30. The van der Waals surface area contributed by atoms with Gasteiger partial charge >= 0.3 is 5.97 Å². The molecule has 0 fully saturated rings. The van der Waals surface area contributed by atoms with E-state index in [1.807, 2.05) is 13.8 Å². The van der Waals surface area contributed by atoms with E-state index < -0.39 is 5.97 Å². The summed E-state index contributed by atoms with van der Waals surface area (Å²) in [6.45, 7) is 10.1. The summed E-state index contributed by atoms with van der Waals surface area (Å²) in [5, 5.41) is 6.21. The second kappa shape index (κ2) is 7.81. The molecule has 0 saturated carbocycles. The molecular weight excluding hydrogens is 276 g/mol. The first-order valence-electron chi connectivity index (χ1n) is 6.39. The number of ether oxygens (including phenoxy) is 1. The number of anilines is 1. The quantitative estimate of drug-likeness (QED) is 0.460. The van der Waals surface area contributed by atoms with Gasteiger partial charge in [-0.05, 0) is 26.3 Å². The molecule has 1 amide bonds. The molecule has 2 N–H and O–H groups in total. The maximum absolute atomic E-state index is 11.9. The standard InChI is InChI=1S/C14H20N2O3S/c1-5-7-15-8-11(17)16-13-12(14(18)19-6-2)9(3)10(4)20-13/h5,15H,1,6-8H2,2-4H3,(H,16,17). The monoisotopic (exact) mass is 296 g/mol. The van der Waals surface area contributed by atoms with Crippen LogP contribution in [0.15, 0.2) is 12.7 Å². The zero-order valence-electron chi connectivity index (χ0n) is 12.0. The van der Waals surface area contributed by atoms with Gasteiger partial charge in [0.05, 0.1) is 18.7 Å². The molecule has 0 aromatic carbocycles. The van der Waals surface area contributed by atoms with Crippen LogP contribution in [0.2, 0.25) is 0 Å². The van der Waals surface area contributed by atoms with Gasteiger partial charge in [0.2, 0.25) is 5.91 Å². The highest BCUT2D eigenvalue weighted by molar-refractivity contribution is 7.16. The summed E-state index contributed by atoms with van der Waals surface area (Å²) in [6.07, 6.45) is 1.68. The van der Waals surface area contributed by atoms with Crippen molar-refractivity contribution in [2.45, 2.75) is 20.8 Å². The maximum atomic E-state index is 11.9. The van der Waals surface area contributed by atoms with Crippen molar-refractivity contribution in [3.05, 3.63) is 28.7 Å². The van der Waals surface area contributed by atoms with Gasteiger partial charge in [-0.25, -0.2) is 4.79 Å². The highest BCUT2D eigenvalue weighted by atomic mass is 32.1. The molecule has 6 heteroatoms. The number of aryl methyl sites for hydroxylation is 1. The molecule has 1 aromatic rings. The number of esters is 1. The van der Waals surface area contributed by atoms with E-state index in [9.17, 15) is 9.59 Å². The molecule has 5 nitrogen and oxygen atoms in total. The van der Waals surface area contributed by atoms with Crippen LogP contribution in [0.25, 0.3) is 0 Å². The molecule has 0 atom stereocenters. The fourth-order valence-corrected chi connectivity index (χ4v) is 2.69. The third-order valence-corrected chi connectivity index (χ3v) is 3.81. The van der Waals surface area contributed by atoms with Gasteiger partial charge in [-0.15, -0.1) is 17.9 Å². The zero-order valence-corrected chi connectivity index (χ0v) is 12.9. The smallest absolute Gasteiger partial charge is 0.341 e. The third-order valence-electron chi connectivity index (χ3n) is 2.69. The number of amides is 1. The average Bonchev–Trinajstić information content (AvgIpc) is 2.65. The lowest BCUT2D eigenvalue weighted by Crippen LogP contribution is -2.28. The molecule has 0 unspecified atom stereocenters. The highest BCUT2D eigenvalue weighted by Crippen LogP contribution is 2.32. The molecule has 1 heterocycles. The highest BCUT2D eigenvalue weighted by Gasteiger charge is 2.21. The molecule has 0 radical (unpaired) electrons. The minimum atomic E-state index is -0.399. The first-order chi connectivity index (χ1) is 9.51. The van der Waals surface area contributed by atoms with Crippen LogP contribution in [0.4, 0.5) is 5.00 Å². The second-order valence-electron chi connectivity index (χ2n) is 4.18. The Bertz CT molecular complexity index is 509. The largest absolute Gasteiger partial charge is 0.462 e. The lowest BCUT2D eigenvalue weighted by molar-refractivity contribution is -0.115. The van der Waals surface area contributed by atoms with E-state index in [2.05, 4.69) is 17.2 Å². The van der Waals surface area contributed by atoms with Crippen LogP contribution in [-0.4, -0.2) is 31.6 Å². The summed E-state index contributed by atoms with van der Waals surface area (Å²) in [5.74, 6) is -0.595. The molecule has 0 aliphatic heterocycles. The van der Waals surface area contributed by atoms with Crippen molar-refractivity contribution < 1.29 is 14.3 Å². The Morgan fingerprint density at radius 3 is 2.70 bits per heavy atom. The van der Waals surface area contributed by atoms with Crippen molar-refractivity contribution in [2.75, 3.05) is 25.0 Å². The summed E-state index contributed by atoms with van der Waals surface area (Å²) < 4.78 is 5.03. The minimum Gasteiger partial charge on any atom is -0.462 e. The van der Waals surface area contributed by atoms with Crippen molar-refractivity contribution in [2.24, 2.45) is 0 Å². The number of rotatable bonds is 7. The number of carbonyl (C=O) groups is 2. The predicted molar refractivity (Wildman–Crippen MR) is 81.4 cm³/mol. The van der Waals surface area contributed by atoms with Crippen LogP contribution in [0, 0.1) is 13.8 Å². The number of carbonyl (C=O) groups excluding carboxylic acids is 2. The van der Waals surface area contributed by atoms with Gasteiger partial charge in [0.25, 0.3) is 0 Å². The number of hydrogen-bond acceptors (Lipinski definition) is 5. The zero-order chi connectivity index (χ0) is 15.1. The Morgan fingerprint density at radius 1 is 1.40 bits per heavy atom. The normalized spacial score (nSPS) is 10.2. The fraction of sp³-hybridized carbons (Fsp3) is 0.429.